The molecule has 0 radical (unpaired) electrons. The van der Waals surface area contributed by atoms with Crippen molar-refractivity contribution in [2.75, 3.05) is 4.72 Å². The zero-order valence-corrected chi connectivity index (χ0v) is 14.7. The molecule has 0 aliphatic carbocycles. The number of nitrogens with one attached hydrogen (secondary N) is 2. The Kier molecular flexibility index (Phi) is 4.08. The Balaban J connectivity index is 2.39. The third-order valence-corrected chi connectivity index (χ3v) is 5.29. The molecule has 1 heterocycles. The summed E-state index contributed by atoms with van der Waals surface area (Å²) in [5, 5.41) is 6.65. The number of hydrogen-bond acceptors (Lipinski definition) is 3. The van der Waals surface area contributed by atoms with Crippen LogP contribution < -0.4 is 4.72 Å². The molecular formula is C16H23N3O2S. The molecule has 0 spiro atoms. The third kappa shape index (κ3) is 3.16. The normalized spacial score (nSPS) is 12.5. The van der Waals surface area contributed by atoms with Gasteiger partial charge < -0.3 is 0 Å². The van der Waals surface area contributed by atoms with Crippen molar-refractivity contribution in [1.82, 2.24) is 10.2 Å². The Hall–Kier alpha value is -1.82. The first kappa shape index (κ1) is 16.5. The van der Waals surface area contributed by atoms with E-state index in [0.717, 1.165) is 5.56 Å². The molecule has 0 fully saturated rings. The summed E-state index contributed by atoms with van der Waals surface area (Å²) in [6, 6.07) is 5.80. The maximum Gasteiger partial charge on any atom is 0.265 e. The number of nitrogens with zero attached hydrogens (tertiary/aromatic N) is 1. The summed E-state index contributed by atoms with van der Waals surface area (Å²) in [4.78, 5) is 0.215. The summed E-state index contributed by atoms with van der Waals surface area (Å²) >= 11 is 0. The van der Waals surface area contributed by atoms with Gasteiger partial charge in [-0.25, -0.2) is 8.42 Å². The Morgan fingerprint density at radius 1 is 1.14 bits per heavy atom. The van der Waals surface area contributed by atoms with Crippen LogP contribution in [0.5, 0.6) is 0 Å². The number of rotatable bonds is 3. The lowest BCUT2D eigenvalue weighted by Crippen LogP contribution is -2.16. The molecule has 2 aromatic rings. The Labute approximate surface area is 132 Å². The minimum atomic E-state index is -3.65. The van der Waals surface area contributed by atoms with Crippen molar-refractivity contribution in [3.05, 3.63) is 40.7 Å². The molecule has 22 heavy (non-hydrogen) atoms. The minimum absolute atomic E-state index is 0.0277. The van der Waals surface area contributed by atoms with Gasteiger partial charge in [-0.2, -0.15) is 5.10 Å². The summed E-state index contributed by atoms with van der Waals surface area (Å²) in [5.41, 5.74) is 3.69. The van der Waals surface area contributed by atoms with E-state index < -0.39 is 10.0 Å². The van der Waals surface area contributed by atoms with Gasteiger partial charge in [0, 0.05) is 0 Å². The van der Waals surface area contributed by atoms with Crippen molar-refractivity contribution in [2.45, 2.75) is 51.9 Å². The quantitative estimate of drug-likeness (QED) is 0.909. The molecular weight excluding hydrogens is 298 g/mol. The zero-order chi connectivity index (χ0) is 16.7. The largest absolute Gasteiger partial charge is 0.281 e. The first-order valence-electron chi connectivity index (χ1n) is 7.18. The number of aryl methyl sites for hydroxylation is 3. The number of H-pyrrole nitrogens is 1. The number of sulfonamides is 1. The maximum absolute atomic E-state index is 12.6. The Bertz CT molecular complexity index is 780. The van der Waals surface area contributed by atoms with Crippen molar-refractivity contribution in [2.24, 2.45) is 0 Å². The van der Waals surface area contributed by atoms with E-state index in [9.17, 15) is 8.42 Å². The van der Waals surface area contributed by atoms with Gasteiger partial charge in [-0.05, 0) is 43.4 Å². The predicted molar refractivity (Wildman–Crippen MR) is 88.7 cm³/mol. The average molecular weight is 321 g/mol. The van der Waals surface area contributed by atoms with Gasteiger partial charge in [0.1, 0.15) is 4.90 Å². The fraction of sp³-hybridized carbons (Fsp3) is 0.438. The third-order valence-electron chi connectivity index (χ3n) is 3.67. The van der Waals surface area contributed by atoms with E-state index in [1.807, 2.05) is 25.1 Å². The van der Waals surface area contributed by atoms with Gasteiger partial charge in [0.05, 0.1) is 17.1 Å². The summed E-state index contributed by atoms with van der Waals surface area (Å²) in [5.74, 6) is 0. The highest BCUT2D eigenvalue weighted by Crippen LogP contribution is 2.28. The van der Waals surface area contributed by atoms with Gasteiger partial charge in [0.2, 0.25) is 0 Å². The SMILES string of the molecule is Cc1cc(C(C)(C)C)ccc1NS(=O)(=O)c1c(C)n[nH]c1C. The molecule has 1 aromatic heterocycles. The van der Waals surface area contributed by atoms with Gasteiger partial charge in [0.15, 0.2) is 0 Å². The molecule has 120 valence electrons. The maximum atomic E-state index is 12.6. The van der Waals surface area contributed by atoms with Crippen LogP contribution in [-0.4, -0.2) is 18.6 Å². The number of aromatic nitrogens is 2. The second-order valence-electron chi connectivity index (χ2n) is 6.65. The van der Waals surface area contributed by atoms with Crippen LogP contribution in [0.1, 0.15) is 43.3 Å². The lowest BCUT2D eigenvalue weighted by atomic mass is 9.86. The smallest absolute Gasteiger partial charge is 0.265 e. The minimum Gasteiger partial charge on any atom is -0.281 e. The highest BCUT2D eigenvalue weighted by atomic mass is 32.2. The molecule has 0 amide bonds. The molecule has 2 N–H and O–H groups in total. The van der Waals surface area contributed by atoms with E-state index in [4.69, 9.17) is 0 Å². The van der Waals surface area contributed by atoms with Gasteiger partial charge in [0.25, 0.3) is 10.0 Å². The standard InChI is InChI=1S/C16H23N3O2S/c1-10-9-13(16(4,5)6)7-8-14(10)19-22(20,21)15-11(2)17-18-12(15)3/h7-9,19H,1-6H3,(H,17,18). The van der Waals surface area contributed by atoms with E-state index in [2.05, 4.69) is 35.7 Å². The van der Waals surface area contributed by atoms with Crippen LogP contribution in [-0.2, 0) is 15.4 Å². The number of benzene rings is 1. The zero-order valence-electron chi connectivity index (χ0n) is 13.9. The van der Waals surface area contributed by atoms with E-state index in [1.165, 1.54) is 5.56 Å². The molecule has 5 nitrogen and oxygen atoms in total. The molecule has 0 bridgehead atoms. The lowest BCUT2D eigenvalue weighted by Gasteiger charge is -2.21. The summed E-state index contributed by atoms with van der Waals surface area (Å²) in [7, 11) is -3.65. The van der Waals surface area contributed by atoms with Crippen LogP contribution in [0.15, 0.2) is 23.1 Å². The molecule has 0 atom stereocenters. The van der Waals surface area contributed by atoms with Crippen molar-refractivity contribution in [1.29, 1.82) is 0 Å². The van der Waals surface area contributed by atoms with Crippen LogP contribution in [0.2, 0.25) is 0 Å². The molecule has 0 unspecified atom stereocenters. The van der Waals surface area contributed by atoms with Crippen LogP contribution >= 0.6 is 0 Å². The van der Waals surface area contributed by atoms with Crippen LogP contribution in [0, 0.1) is 20.8 Å². The highest BCUT2D eigenvalue weighted by Gasteiger charge is 2.23. The van der Waals surface area contributed by atoms with Gasteiger partial charge in [-0.3, -0.25) is 9.82 Å². The number of hydrogen-bond donors (Lipinski definition) is 2. The van der Waals surface area contributed by atoms with Crippen LogP contribution in [0.4, 0.5) is 5.69 Å². The molecule has 0 saturated heterocycles. The molecule has 0 saturated carbocycles. The van der Waals surface area contributed by atoms with Crippen molar-refractivity contribution in [3.8, 4) is 0 Å². The average Bonchev–Trinajstić information content (AvgIpc) is 2.70. The monoisotopic (exact) mass is 321 g/mol. The van der Waals surface area contributed by atoms with E-state index in [1.54, 1.807) is 13.8 Å². The molecule has 6 heteroatoms. The summed E-state index contributed by atoms with van der Waals surface area (Å²) in [6.07, 6.45) is 0. The Morgan fingerprint density at radius 3 is 2.23 bits per heavy atom. The summed E-state index contributed by atoms with van der Waals surface area (Å²) in [6.45, 7) is 11.7. The number of aromatic amines is 1. The fourth-order valence-corrected chi connectivity index (χ4v) is 3.88. The van der Waals surface area contributed by atoms with Gasteiger partial charge in [-0.1, -0.05) is 32.9 Å². The second kappa shape index (κ2) is 5.43. The molecule has 0 aliphatic rings. The fourth-order valence-electron chi connectivity index (χ4n) is 2.38. The second-order valence-corrected chi connectivity index (χ2v) is 8.27. The Morgan fingerprint density at radius 2 is 1.77 bits per heavy atom. The van der Waals surface area contributed by atoms with E-state index >= 15 is 0 Å². The van der Waals surface area contributed by atoms with Crippen molar-refractivity contribution < 1.29 is 8.42 Å². The highest BCUT2D eigenvalue weighted by molar-refractivity contribution is 7.92. The predicted octanol–water partition coefficient (Wildman–Crippen LogP) is 3.43. The van der Waals surface area contributed by atoms with E-state index in [-0.39, 0.29) is 10.3 Å². The molecule has 1 aromatic carbocycles. The lowest BCUT2D eigenvalue weighted by molar-refractivity contribution is 0.590. The van der Waals surface area contributed by atoms with Crippen LogP contribution in [0.3, 0.4) is 0 Å². The van der Waals surface area contributed by atoms with Crippen molar-refractivity contribution >= 4 is 15.7 Å². The van der Waals surface area contributed by atoms with Crippen molar-refractivity contribution in [3.63, 3.8) is 0 Å². The number of anilines is 1. The topological polar surface area (TPSA) is 74.8 Å². The first-order valence-corrected chi connectivity index (χ1v) is 8.66. The summed E-state index contributed by atoms with van der Waals surface area (Å²) < 4.78 is 27.8. The van der Waals surface area contributed by atoms with Gasteiger partial charge >= 0.3 is 0 Å². The molecule has 2 rings (SSSR count). The van der Waals surface area contributed by atoms with Crippen LogP contribution in [0.25, 0.3) is 0 Å². The van der Waals surface area contributed by atoms with Gasteiger partial charge in [-0.15, -0.1) is 0 Å². The first-order chi connectivity index (χ1) is 10.0. The van der Waals surface area contributed by atoms with E-state index in [0.29, 0.717) is 17.1 Å². The molecule has 0 aliphatic heterocycles.